The number of nitrogens with zero attached hydrogens (tertiary/aromatic N) is 5. The van der Waals surface area contributed by atoms with Gasteiger partial charge in [0.05, 0.1) is 18.3 Å². The van der Waals surface area contributed by atoms with Crippen LogP contribution in [0.3, 0.4) is 0 Å². The Morgan fingerprint density at radius 1 is 1.24 bits per heavy atom. The van der Waals surface area contributed by atoms with E-state index in [1.807, 2.05) is 19.3 Å². The van der Waals surface area contributed by atoms with Crippen LogP contribution < -0.4 is 5.73 Å². The summed E-state index contributed by atoms with van der Waals surface area (Å²) in [7, 11) is 1.86. The van der Waals surface area contributed by atoms with Gasteiger partial charge in [-0.2, -0.15) is 14.7 Å². The van der Waals surface area contributed by atoms with Crippen LogP contribution in [0.1, 0.15) is 37.3 Å². The molecule has 8 heteroatoms. The average molecular weight is 340 g/mol. The number of anilines is 1. The molecule has 3 aromatic rings. The number of rotatable bonds is 3. The van der Waals surface area contributed by atoms with Crippen LogP contribution in [-0.2, 0) is 11.8 Å². The number of carboxylic acid groups (broad SMARTS) is 1. The van der Waals surface area contributed by atoms with Crippen molar-refractivity contribution in [2.45, 2.75) is 31.6 Å². The first kappa shape index (κ1) is 15.6. The molecule has 1 aliphatic carbocycles. The topological polar surface area (TPSA) is 111 Å². The number of aromatic nitrogens is 5. The van der Waals surface area contributed by atoms with Gasteiger partial charge in [0.25, 0.3) is 0 Å². The summed E-state index contributed by atoms with van der Waals surface area (Å²) in [5.41, 5.74) is 9.64. The molecule has 0 aliphatic heterocycles. The van der Waals surface area contributed by atoms with E-state index in [-0.39, 0.29) is 11.8 Å². The number of fused-ring (bicyclic) bond motifs is 1. The number of carbonyl (C=O) groups is 1. The third-order valence-electron chi connectivity index (χ3n) is 5.03. The van der Waals surface area contributed by atoms with Gasteiger partial charge in [0.2, 0.25) is 0 Å². The predicted molar refractivity (Wildman–Crippen MR) is 91.9 cm³/mol. The lowest BCUT2D eigenvalue weighted by Gasteiger charge is -2.25. The first-order valence-corrected chi connectivity index (χ1v) is 8.39. The lowest BCUT2D eigenvalue weighted by Crippen LogP contribution is -2.21. The summed E-state index contributed by atoms with van der Waals surface area (Å²) >= 11 is 0. The van der Waals surface area contributed by atoms with Crippen LogP contribution in [-0.4, -0.2) is 35.5 Å². The molecule has 3 N–H and O–H groups in total. The van der Waals surface area contributed by atoms with E-state index in [9.17, 15) is 4.79 Å². The SMILES string of the molecule is Cn1cc(-c2cnn3c(N)cc(C4CCC(C(=O)O)CC4)nc23)cn1. The van der Waals surface area contributed by atoms with E-state index in [1.54, 1.807) is 21.6 Å². The highest BCUT2D eigenvalue weighted by atomic mass is 16.4. The Morgan fingerprint density at radius 3 is 2.64 bits per heavy atom. The standard InChI is InChI=1S/C17H20N6O2/c1-22-9-12(7-19-22)13-8-20-23-15(18)6-14(21-16(13)23)10-2-4-11(5-3-10)17(24)25/h6-11H,2-5,18H2,1H3,(H,24,25). The van der Waals surface area contributed by atoms with Crippen LogP contribution >= 0.6 is 0 Å². The molecule has 1 fully saturated rings. The van der Waals surface area contributed by atoms with Crippen molar-refractivity contribution in [3.8, 4) is 11.1 Å². The molecule has 0 bridgehead atoms. The van der Waals surface area contributed by atoms with Crippen molar-refractivity contribution in [3.05, 3.63) is 30.4 Å². The summed E-state index contributed by atoms with van der Waals surface area (Å²) in [5.74, 6) is -0.163. The number of hydrogen-bond acceptors (Lipinski definition) is 5. The van der Waals surface area contributed by atoms with Crippen molar-refractivity contribution in [2.24, 2.45) is 13.0 Å². The van der Waals surface area contributed by atoms with Crippen molar-refractivity contribution in [1.82, 2.24) is 24.4 Å². The van der Waals surface area contributed by atoms with Crippen LogP contribution in [0.25, 0.3) is 16.8 Å². The second kappa shape index (κ2) is 5.87. The molecule has 3 heterocycles. The molecule has 0 aromatic carbocycles. The minimum absolute atomic E-state index is 0.236. The van der Waals surface area contributed by atoms with Crippen LogP contribution in [0, 0.1) is 5.92 Å². The van der Waals surface area contributed by atoms with E-state index in [0.29, 0.717) is 24.3 Å². The minimum atomic E-state index is -0.698. The largest absolute Gasteiger partial charge is 0.481 e. The summed E-state index contributed by atoms with van der Waals surface area (Å²) in [4.78, 5) is 16.0. The van der Waals surface area contributed by atoms with Gasteiger partial charge in [-0.25, -0.2) is 4.98 Å². The lowest BCUT2D eigenvalue weighted by molar-refractivity contribution is -0.142. The third-order valence-corrected chi connectivity index (χ3v) is 5.03. The zero-order valence-corrected chi connectivity index (χ0v) is 14.0. The van der Waals surface area contributed by atoms with Gasteiger partial charge >= 0.3 is 5.97 Å². The first-order chi connectivity index (χ1) is 12.0. The smallest absolute Gasteiger partial charge is 0.306 e. The van der Waals surface area contributed by atoms with E-state index >= 15 is 0 Å². The molecule has 1 saturated carbocycles. The molecular weight excluding hydrogens is 320 g/mol. The molecule has 0 unspecified atom stereocenters. The van der Waals surface area contributed by atoms with Gasteiger partial charge in [-0.3, -0.25) is 9.48 Å². The molecule has 3 aromatic heterocycles. The molecule has 0 amide bonds. The highest BCUT2D eigenvalue weighted by Crippen LogP contribution is 2.36. The molecule has 25 heavy (non-hydrogen) atoms. The maximum Gasteiger partial charge on any atom is 0.306 e. The Kier molecular flexibility index (Phi) is 3.67. The van der Waals surface area contributed by atoms with E-state index in [1.165, 1.54) is 0 Å². The Labute approximate surface area is 144 Å². The van der Waals surface area contributed by atoms with E-state index in [0.717, 1.165) is 29.7 Å². The van der Waals surface area contributed by atoms with Gasteiger partial charge in [0, 0.05) is 42.0 Å². The number of nitrogens with two attached hydrogens (primary N) is 1. The summed E-state index contributed by atoms with van der Waals surface area (Å²) in [6, 6.07) is 1.86. The molecule has 8 nitrogen and oxygen atoms in total. The van der Waals surface area contributed by atoms with Crippen LogP contribution in [0.5, 0.6) is 0 Å². The van der Waals surface area contributed by atoms with E-state index in [4.69, 9.17) is 15.8 Å². The molecule has 0 spiro atoms. The monoisotopic (exact) mass is 340 g/mol. The fourth-order valence-corrected chi connectivity index (χ4v) is 3.61. The molecule has 0 saturated heterocycles. The molecule has 0 atom stereocenters. The fourth-order valence-electron chi connectivity index (χ4n) is 3.61. The number of aryl methyl sites for hydroxylation is 1. The molecule has 1 aliphatic rings. The number of hydrogen-bond donors (Lipinski definition) is 2. The zero-order valence-electron chi connectivity index (χ0n) is 14.0. The minimum Gasteiger partial charge on any atom is -0.481 e. The second-order valence-corrected chi connectivity index (χ2v) is 6.69. The van der Waals surface area contributed by atoms with Gasteiger partial charge in [0.15, 0.2) is 5.65 Å². The van der Waals surface area contributed by atoms with E-state index < -0.39 is 5.97 Å². The van der Waals surface area contributed by atoms with Gasteiger partial charge < -0.3 is 10.8 Å². The molecular formula is C17H20N6O2. The van der Waals surface area contributed by atoms with Crippen LogP contribution in [0.2, 0.25) is 0 Å². The molecule has 130 valence electrons. The van der Waals surface area contributed by atoms with Crippen LogP contribution in [0.15, 0.2) is 24.7 Å². The van der Waals surface area contributed by atoms with Gasteiger partial charge in [0.1, 0.15) is 5.82 Å². The van der Waals surface area contributed by atoms with Gasteiger partial charge in [-0.15, -0.1) is 0 Å². The van der Waals surface area contributed by atoms with Crippen molar-refractivity contribution in [1.29, 1.82) is 0 Å². The lowest BCUT2D eigenvalue weighted by atomic mass is 9.80. The van der Waals surface area contributed by atoms with E-state index in [2.05, 4.69) is 10.2 Å². The Bertz CT molecular complexity index is 936. The normalized spacial score (nSPS) is 20.8. The quantitative estimate of drug-likeness (QED) is 0.755. The maximum atomic E-state index is 11.1. The predicted octanol–water partition coefficient (Wildman–Crippen LogP) is 2.07. The molecule has 0 radical (unpaired) electrons. The molecule has 4 rings (SSSR count). The van der Waals surface area contributed by atoms with Crippen molar-refractivity contribution < 1.29 is 9.90 Å². The first-order valence-electron chi connectivity index (χ1n) is 8.39. The highest BCUT2D eigenvalue weighted by molar-refractivity contribution is 5.77. The summed E-state index contributed by atoms with van der Waals surface area (Å²) in [5, 5.41) is 17.7. The van der Waals surface area contributed by atoms with Crippen LogP contribution in [0.4, 0.5) is 5.82 Å². The summed E-state index contributed by atoms with van der Waals surface area (Å²) in [6.07, 6.45) is 8.44. The maximum absolute atomic E-state index is 11.1. The van der Waals surface area contributed by atoms with Gasteiger partial charge in [-0.1, -0.05) is 0 Å². The van der Waals surface area contributed by atoms with Crippen molar-refractivity contribution >= 4 is 17.4 Å². The number of aliphatic carboxylic acids is 1. The zero-order chi connectivity index (χ0) is 17.6. The van der Waals surface area contributed by atoms with Crippen molar-refractivity contribution in [2.75, 3.05) is 5.73 Å². The highest BCUT2D eigenvalue weighted by Gasteiger charge is 2.28. The van der Waals surface area contributed by atoms with Gasteiger partial charge in [-0.05, 0) is 25.7 Å². The average Bonchev–Trinajstić information content (AvgIpc) is 3.21. The number of nitrogen functional groups attached to an aromatic ring is 1. The number of carboxylic acids is 1. The Hall–Kier alpha value is -2.90. The van der Waals surface area contributed by atoms with Crippen molar-refractivity contribution in [3.63, 3.8) is 0 Å². The summed E-state index contributed by atoms with van der Waals surface area (Å²) in [6.45, 7) is 0. The Morgan fingerprint density at radius 2 is 2.00 bits per heavy atom. The summed E-state index contributed by atoms with van der Waals surface area (Å²) < 4.78 is 3.37. The third kappa shape index (κ3) is 2.73. The second-order valence-electron chi connectivity index (χ2n) is 6.69. The Balaban J connectivity index is 1.70. The fraction of sp³-hybridized carbons (Fsp3) is 0.412.